The Morgan fingerprint density at radius 2 is 1.68 bits per heavy atom. The highest BCUT2D eigenvalue weighted by atomic mass is 16.6. The lowest BCUT2D eigenvalue weighted by Crippen LogP contribution is -2.24. The Morgan fingerprint density at radius 3 is 2.23 bits per heavy atom. The highest BCUT2D eigenvalue weighted by molar-refractivity contribution is 5.78. The van der Waals surface area contributed by atoms with E-state index >= 15 is 0 Å². The van der Waals surface area contributed by atoms with Gasteiger partial charge < -0.3 is 5.32 Å². The minimum atomic E-state index is -0.477. The Labute approximate surface area is 127 Å². The zero-order valence-electron chi connectivity index (χ0n) is 11.7. The first-order valence-corrected chi connectivity index (χ1v) is 6.57. The first-order valence-electron chi connectivity index (χ1n) is 6.57. The zero-order valence-corrected chi connectivity index (χ0v) is 11.7. The normalized spacial score (nSPS) is 9.77. The van der Waals surface area contributed by atoms with Crippen molar-refractivity contribution in [2.24, 2.45) is 0 Å². The van der Waals surface area contributed by atoms with Crippen LogP contribution in [0.1, 0.15) is 16.7 Å². The average molecular weight is 295 g/mol. The van der Waals surface area contributed by atoms with Crippen molar-refractivity contribution < 1.29 is 9.72 Å². The Bertz CT molecular complexity index is 716. The molecule has 1 N–H and O–H groups in total. The van der Waals surface area contributed by atoms with Crippen LogP contribution in [0.25, 0.3) is 0 Å². The molecule has 0 aliphatic rings. The van der Waals surface area contributed by atoms with E-state index in [2.05, 4.69) is 5.32 Å². The monoisotopic (exact) mass is 295 g/mol. The number of amides is 1. The number of carbonyl (C=O) groups excluding carboxylic acids is 1. The topological polar surface area (TPSA) is 96.0 Å². The second-order valence-corrected chi connectivity index (χ2v) is 4.69. The molecule has 0 atom stereocenters. The largest absolute Gasteiger partial charge is 0.352 e. The first kappa shape index (κ1) is 15.2. The number of nitrogens with one attached hydrogen (secondary N) is 1. The molecule has 6 nitrogen and oxygen atoms in total. The van der Waals surface area contributed by atoms with E-state index in [1.165, 1.54) is 12.1 Å². The molecule has 6 heteroatoms. The van der Waals surface area contributed by atoms with Crippen molar-refractivity contribution in [3.63, 3.8) is 0 Å². The van der Waals surface area contributed by atoms with Crippen LogP contribution in [-0.2, 0) is 17.8 Å². The number of nitriles is 1. The van der Waals surface area contributed by atoms with Gasteiger partial charge in [-0.1, -0.05) is 24.3 Å². The third-order valence-corrected chi connectivity index (χ3v) is 3.08. The fourth-order valence-corrected chi connectivity index (χ4v) is 1.88. The number of rotatable bonds is 5. The van der Waals surface area contributed by atoms with Gasteiger partial charge in [-0.05, 0) is 23.3 Å². The van der Waals surface area contributed by atoms with Crippen LogP contribution in [0.15, 0.2) is 48.5 Å². The lowest BCUT2D eigenvalue weighted by molar-refractivity contribution is -0.384. The maximum absolute atomic E-state index is 11.8. The molecule has 0 bridgehead atoms. The molecule has 0 aromatic heterocycles. The average Bonchev–Trinajstić information content (AvgIpc) is 2.54. The van der Waals surface area contributed by atoms with E-state index < -0.39 is 4.92 Å². The molecule has 1 amide bonds. The standard InChI is InChI=1S/C16H13N3O3/c17-10-13-1-3-14(4-2-13)11-18-16(20)9-12-5-7-15(8-6-12)19(21)22/h1-8H,9,11H2,(H,18,20). The number of hydrogen-bond donors (Lipinski definition) is 1. The molecular formula is C16H13N3O3. The lowest BCUT2D eigenvalue weighted by atomic mass is 10.1. The lowest BCUT2D eigenvalue weighted by Gasteiger charge is -2.05. The quantitative estimate of drug-likeness (QED) is 0.676. The first-order chi connectivity index (χ1) is 10.6. The van der Waals surface area contributed by atoms with Crippen molar-refractivity contribution in [1.29, 1.82) is 5.26 Å². The van der Waals surface area contributed by atoms with Gasteiger partial charge in [-0.15, -0.1) is 0 Å². The van der Waals surface area contributed by atoms with Crippen LogP contribution < -0.4 is 5.32 Å². The molecule has 0 heterocycles. The second kappa shape index (κ2) is 6.99. The summed E-state index contributed by atoms with van der Waals surface area (Å²) >= 11 is 0. The third-order valence-electron chi connectivity index (χ3n) is 3.08. The zero-order chi connectivity index (χ0) is 15.9. The molecular weight excluding hydrogens is 282 g/mol. The Balaban J connectivity index is 1.87. The van der Waals surface area contributed by atoms with Crippen molar-refractivity contribution in [2.45, 2.75) is 13.0 Å². The van der Waals surface area contributed by atoms with E-state index in [4.69, 9.17) is 5.26 Å². The summed E-state index contributed by atoms with van der Waals surface area (Å²) in [6.07, 6.45) is 0.161. The Hall–Kier alpha value is -3.20. The number of benzene rings is 2. The maximum atomic E-state index is 11.8. The second-order valence-electron chi connectivity index (χ2n) is 4.69. The highest BCUT2D eigenvalue weighted by Gasteiger charge is 2.07. The third kappa shape index (κ3) is 4.15. The van der Waals surface area contributed by atoms with Gasteiger partial charge in [0, 0.05) is 18.7 Å². The van der Waals surface area contributed by atoms with Crippen molar-refractivity contribution in [3.8, 4) is 6.07 Å². The fraction of sp³-hybridized carbons (Fsp3) is 0.125. The summed E-state index contributed by atoms with van der Waals surface area (Å²) in [4.78, 5) is 21.9. The van der Waals surface area contributed by atoms with Gasteiger partial charge in [-0.2, -0.15) is 5.26 Å². The van der Waals surface area contributed by atoms with E-state index in [0.29, 0.717) is 17.7 Å². The summed E-state index contributed by atoms with van der Waals surface area (Å²) in [6, 6.07) is 14.9. The van der Waals surface area contributed by atoms with Crippen molar-refractivity contribution in [1.82, 2.24) is 5.32 Å². The molecule has 2 rings (SSSR count). The minimum Gasteiger partial charge on any atom is -0.352 e. The summed E-state index contributed by atoms with van der Waals surface area (Å²) < 4.78 is 0. The van der Waals surface area contributed by atoms with E-state index in [0.717, 1.165) is 5.56 Å². The Kier molecular flexibility index (Phi) is 4.83. The van der Waals surface area contributed by atoms with Crippen molar-refractivity contribution in [3.05, 3.63) is 75.3 Å². The number of non-ortho nitro benzene ring substituents is 1. The van der Waals surface area contributed by atoms with E-state index in [9.17, 15) is 14.9 Å². The molecule has 0 radical (unpaired) electrons. The van der Waals surface area contributed by atoms with Gasteiger partial charge in [-0.25, -0.2) is 0 Å². The minimum absolute atomic E-state index is 0.00161. The smallest absolute Gasteiger partial charge is 0.269 e. The summed E-state index contributed by atoms with van der Waals surface area (Å²) in [7, 11) is 0. The highest BCUT2D eigenvalue weighted by Crippen LogP contribution is 2.12. The molecule has 2 aromatic carbocycles. The van der Waals surface area contributed by atoms with E-state index in [1.807, 2.05) is 6.07 Å². The van der Waals surface area contributed by atoms with Gasteiger partial charge in [0.1, 0.15) is 0 Å². The van der Waals surface area contributed by atoms with Gasteiger partial charge in [0.15, 0.2) is 0 Å². The molecule has 0 saturated carbocycles. The number of nitrogens with zero attached hydrogens (tertiary/aromatic N) is 2. The van der Waals surface area contributed by atoms with E-state index in [1.54, 1.807) is 36.4 Å². The number of carbonyl (C=O) groups is 1. The molecule has 2 aromatic rings. The van der Waals surface area contributed by atoms with Crippen LogP contribution in [0.3, 0.4) is 0 Å². The van der Waals surface area contributed by atoms with Crippen LogP contribution in [0.4, 0.5) is 5.69 Å². The van der Waals surface area contributed by atoms with Gasteiger partial charge in [0.2, 0.25) is 5.91 Å². The van der Waals surface area contributed by atoms with Crippen LogP contribution in [0.5, 0.6) is 0 Å². The Morgan fingerprint density at radius 1 is 1.09 bits per heavy atom. The number of nitro groups is 1. The molecule has 110 valence electrons. The molecule has 22 heavy (non-hydrogen) atoms. The molecule has 0 unspecified atom stereocenters. The SMILES string of the molecule is N#Cc1ccc(CNC(=O)Cc2ccc([N+](=O)[O-])cc2)cc1. The maximum Gasteiger partial charge on any atom is 0.269 e. The van der Waals surface area contributed by atoms with Crippen LogP contribution in [-0.4, -0.2) is 10.8 Å². The van der Waals surface area contributed by atoms with Gasteiger partial charge in [0.25, 0.3) is 5.69 Å². The summed E-state index contributed by atoms with van der Waals surface area (Å²) in [6.45, 7) is 0.373. The van der Waals surface area contributed by atoms with Crippen LogP contribution in [0, 0.1) is 21.4 Å². The van der Waals surface area contributed by atoms with Crippen LogP contribution in [0.2, 0.25) is 0 Å². The molecule has 0 aliphatic carbocycles. The van der Waals surface area contributed by atoms with Gasteiger partial charge >= 0.3 is 0 Å². The predicted molar refractivity (Wildman–Crippen MR) is 79.8 cm³/mol. The van der Waals surface area contributed by atoms with Crippen molar-refractivity contribution in [2.75, 3.05) is 0 Å². The number of nitro benzene ring substituents is 1. The molecule has 0 fully saturated rings. The predicted octanol–water partition coefficient (Wildman–Crippen LogP) is 2.33. The number of hydrogen-bond acceptors (Lipinski definition) is 4. The molecule has 0 aliphatic heterocycles. The molecule has 0 spiro atoms. The van der Waals surface area contributed by atoms with Gasteiger partial charge in [-0.3, -0.25) is 14.9 Å². The molecule has 0 saturated heterocycles. The summed E-state index contributed by atoms with van der Waals surface area (Å²) in [5, 5.41) is 22.0. The summed E-state index contributed by atoms with van der Waals surface area (Å²) in [5.41, 5.74) is 2.18. The van der Waals surface area contributed by atoms with Crippen molar-refractivity contribution >= 4 is 11.6 Å². The van der Waals surface area contributed by atoms with Gasteiger partial charge in [0.05, 0.1) is 23.0 Å². The fourth-order valence-electron chi connectivity index (χ4n) is 1.88. The summed E-state index contributed by atoms with van der Waals surface area (Å²) in [5.74, 6) is -0.168. The van der Waals surface area contributed by atoms with E-state index in [-0.39, 0.29) is 18.0 Å². The van der Waals surface area contributed by atoms with Crippen LogP contribution >= 0.6 is 0 Å².